The van der Waals surface area contributed by atoms with Crippen LogP contribution in [0.4, 0.5) is 0 Å². The minimum Gasteiger partial charge on any atom is -0.313 e. The molecule has 19 heavy (non-hydrogen) atoms. The van der Waals surface area contributed by atoms with Gasteiger partial charge in [0, 0.05) is 31.9 Å². The Morgan fingerprint density at radius 1 is 1.37 bits per heavy atom. The third-order valence-corrected chi connectivity index (χ3v) is 4.85. The fraction of sp³-hybridized carbons (Fsp3) is 0.750. The van der Waals surface area contributed by atoms with E-state index in [1.54, 1.807) is 10.9 Å². The quantitative estimate of drug-likeness (QED) is 0.772. The maximum atomic E-state index is 12.2. The first-order chi connectivity index (χ1) is 8.91. The SMILES string of the molecule is CCN(CC)S(=O)(=O)c1cnn(CCNC(C)C)c1. The number of nitrogens with one attached hydrogen (secondary N) is 1. The van der Waals surface area contributed by atoms with Gasteiger partial charge in [0.05, 0.1) is 12.7 Å². The molecule has 1 rings (SSSR count). The van der Waals surface area contributed by atoms with Crippen molar-refractivity contribution in [3.05, 3.63) is 12.4 Å². The van der Waals surface area contributed by atoms with Crippen molar-refractivity contribution in [3.63, 3.8) is 0 Å². The molecule has 0 fully saturated rings. The minimum absolute atomic E-state index is 0.265. The molecule has 110 valence electrons. The Morgan fingerprint density at radius 3 is 2.53 bits per heavy atom. The Hall–Kier alpha value is -0.920. The molecule has 0 aromatic carbocycles. The van der Waals surface area contributed by atoms with Crippen LogP contribution in [-0.4, -0.2) is 48.2 Å². The predicted octanol–water partition coefficient (Wildman–Crippen LogP) is 0.912. The summed E-state index contributed by atoms with van der Waals surface area (Å²) >= 11 is 0. The van der Waals surface area contributed by atoms with E-state index in [1.165, 1.54) is 10.5 Å². The molecule has 1 aromatic heterocycles. The van der Waals surface area contributed by atoms with Crippen molar-refractivity contribution >= 4 is 10.0 Å². The molecule has 1 heterocycles. The van der Waals surface area contributed by atoms with E-state index in [9.17, 15) is 8.42 Å². The summed E-state index contributed by atoms with van der Waals surface area (Å²) < 4.78 is 27.6. The topological polar surface area (TPSA) is 67.2 Å². The summed E-state index contributed by atoms with van der Waals surface area (Å²) in [7, 11) is -3.39. The number of aromatic nitrogens is 2. The van der Waals surface area contributed by atoms with E-state index in [4.69, 9.17) is 0 Å². The van der Waals surface area contributed by atoms with E-state index >= 15 is 0 Å². The highest BCUT2D eigenvalue weighted by atomic mass is 32.2. The van der Waals surface area contributed by atoms with Gasteiger partial charge in [0.25, 0.3) is 0 Å². The molecule has 0 aliphatic heterocycles. The van der Waals surface area contributed by atoms with Gasteiger partial charge in [-0.3, -0.25) is 4.68 Å². The number of sulfonamides is 1. The van der Waals surface area contributed by atoms with Crippen LogP contribution in [0.1, 0.15) is 27.7 Å². The van der Waals surface area contributed by atoms with Gasteiger partial charge in [0.15, 0.2) is 0 Å². The summed E-state index contributed by atoms with van der Waals surface area (Å²) in [5.41, 5.74) is 0. The first-order valence-corrected chi connectivity index (χ1v) is 8.11. The highest BCUT2D eigenvalue weighted by Crippen LogP contribution is 2.13. The third-order valence-electron chi connectivity index (χ3n) is 2.85. The molecule has 1 aromatic rings. The molecular weight excluding hydrogens is 264 g/mol. The van der Waals surface area contributed by atoms with E-state index < -0.39 is 10.0 Å². The summed E-state index contributed by atoms with van der Waals surface area (Å²) in [6.07, 6.45) is 3.01. The molecule has 0 atom stereocenters. The van der Waals surface area contributed by atoms with E-state index in [2.05, 4.69) is 24.3 Å². The van der Waals surface area contributed by atoms with E-state index in [0.717, 1.165) is 6.54 Å². The van der Waals surface area contributed by atoms with Gasteiger partial charge in [-0.25, -0.2) is 8.42 Å². The van der Waals surface area contributed by atoms with Crippen molar-refractivity contribution < 1.29 is 8.42 Å². The molecule has 6 nitrogen and oxygen atoms in total. The van der Waals surface area contributed by atoms with Gasteiger partial charge >= 0.3 is 0 Å². The maximum absolute atomic E-state index is 12.2. The van der Waals surface area contributed by atoms with Crippen LogP contribution in [0.25, 0.3) is 0 Å². The van der Waals surface area contributed by atoms with Crippen LogP contribution < -0.4 is 5.32 Å². The number of hydrogen-bond donors (Lipinski definition) is 1. The molecule has 0 aliphatic rings. The zero-order chi connectivity index (χ0) is 14.5. The van der Waals surface area contributed by atoms with Crippen LogP contribution >= 0.6 is 0 Å². The Balaban J connectivity index is 2.73. The fourth-order valence-electron chi connectivity index (χ4n) is 1.78. The van der Waals surface area contributed by atoms with Crippen molar-refractivity contribution in [2.75, 3.05) is 19.6 Å². The van der Waals surface area contributed by atoms with Crippen LogP contribution in [0.15, 0.2) is 17.3 Å². The van der Waals surface area contributed by atoms with Gasteiger partial charge in [-0.1, -0.05) is 27.7 Å². The summed E-state index contributed by atoms with van der Waals surface area (Å²) in [5.74, 6) is 0. The number of nitrogens with zero attached hydrogens (tertiary/aromatic N) is 3. The summed E-state index contributed by atoms with van der Waals surface area (Å²) in [6, 6.07) is 0.412. The smallest absolute Gasteiger partial charge is 0.246 e. The molecule has 0 unspecified atom stereocenters. The Bertz CT molecular complexity index is 478. The largest absolute Gasteiger partial charge is 0.313 e. The van der Waals surface area contributed by atoms with Gasteiger partial charge in [0.1, 0.15) is 4.90 Å². The maximum Gasteiger partial charge on any atom is 0.246 e. The zero-order valence-electron chi connectivity index (χ0n) is 12.1. The van der Waals surface area contributed by atoms with Crippen LogP contribution in [0.2, 0.25) is 0 Å². The molecule has 0 bridgehead atoms. The normalized spacial score (nSPS) is 12.5. The minimum atomic E-state index is -3.39. The third kappa shape index (κ3) is 4.29. The molecular formula is C12H24N4O2S. The molecule has 0 spiro atoms. The van der Waals surface area contributed by atoms with E-state index in [-0.39, 0.29) is 4.90 Å². The average Bonchev–Trinajstić information content (AvgIpc) is 2.79. The van der Waals surface area contributed by atoms with Crippen molar-refractivity contribution in [1.29, 1.82) is 0 Å². The molecule has 0 amide bonds. The van der Waals surface area contributed by atoms with Crippen molar-refractivity contribution in [2.45, 2.75) is 45.2 Å². The predicted molar refractivity (Wildman–Crippen MR) is 75.5 cm³/mol. The van der Waals surface area contributed by atoms with E-state index in [1.807, 2.05) is 13.8 Å². The van der Waals surface area contributed by atoms with Gasteiger partial charge in [-0.05, 0) is 0 Å². The lowest BCUT2D eigenvalue weighted by Crippen LogP contribution is -2.30. The van der Waals surface area contributed by atoms with E-state index in [0.29, 0.717) is 25.7 Å². The standard InChI is InChI=1S/C12H24N4O2S/c1-5-16(6-2)19(17,18)12-9-14-15(10-12)8-7-13-11(3)4/h9-11,13H,5-8H2,1-4H3. The molecule has 7 heteroatoms. The second-order valence-corrected chi connectivity index (χ2v) is 6.58. The molecule has 0 saturated heterocycles. The molecule has 1 N–H and O–H groups in total. The Morgan fingerprint density at radius 2 is 2.00 bits per heavy atom. The van der Waals surface area contributed by atoms with Gasteiger partial charge in [0.2, 0.25) is 10.0 Å². The lowest BCUT2D eigenvalue weighted by Gasteiger charge is -2.16. The van der Waals surface area contributed by atoms with Crippen molar-refractivity contribution in [3.8, 4) is 0 Å². The highest BCUT2D eigenvalue weighted by Gasteiger charge is 2.23. The Kier molecular flexibility index (Phi) is 5.96. The molecule has 0 radical (unpaired) electrons. The fourth-order valence-corrected chi connectivity index (χ4v) is 3.19. The summed E-state index contributed by atoms with van der Waals surface area (Å²) in [4.78, 5) is 0.265. The van der Waals surface area contributed by atoms with Gasteiger partial charge in [-0.15, -0.1) is 0 Å². The second-order valence-electron chi connectivity index (χ2n) is 4.64. The van der Waals surface area contributed by atoms with Gasteiger partial charge in [-0.2, -0.15) is 9.40 Å². The van der Waals surface area contributed by atoms with Crippen LogP contribution in [0.3, 0.4) is 0 Å². The van der Waals surface area contributed by atoms with Crippen molar-refractivity contribution in [2.24, 2.45) is 0 Å². The van der Waals surface area contributed by atoms with Crippen molar-refractivity contribution in [1.82, 2.24) is 19.4 Å². The lowest BCUT2D eigenvalue weighted by molar-refractivity contribution is 0.445. The monoisotopic (exact) mass is 288 g/mol. The average molecular weight is 288 g/mol. The Labute approximate surface area is 115 Å². The highest BCUT2D eigenvalue weighted by molar-refractivity contribution is 7.89. The summed E-state index contributed by atoms with van der Waals surface area (Å²) in [5, 5.41) is 7.37. The first-order valence-electron chi connectivity index (χ1n) is 6.67. The molecule has 0 aliphatic carbocycles. The zero-order valence-corrected chi connectivity index (χ0v) is 12.9. The van der Waals surface area contributed by atoms with Gasteiger partial charge < -0.3 is 5.32 Å². The first kappa shape index (κ1) is 16.1. The van der Waals surface area contributed by atoms with Crippen LogP contribution in [0, 0.1) is 0 Å². The summed E-state index contributed by atoms with van der Waals surface area (Å²) in [6.45, 7) is 10.2. The van der Waals surface area contributed by atoms with Crippen LogP contribution in [-0.2, 0) is 16.6 Å². The number of hydrogen-bond acceptors (Lipinski definition) is 4. The lowest BCUT2D eigenvalue weighted by atomic mass is 10.4. The second kappa shape index (κ2) is 7.02. The van der Waals surface area contributed by atoms with Crippen LogP contribution in [0.5, 0.6) is 0 Å². The molecule has 0 saturated carbocycles. The number of rotatable bonds is 8.